The summed E-state index contributed by atoms with van der Waals surface area (Å²) in [5.41, 5.74) is 0.190. The zero-order valence-electron chi connectivity index (χ0n) is 34.8. The molecule has 0 rings (SSSR count). The van der Waals surface area contributed by atoms with Crippen molar-refractivity contribution < 1.29 is 4.74 Å². The molecule has 47 heavy (non-hydrogen) atoms. The Kier molecular flexibility index (Phi) is 26.3. The Bertz CT molecular complexity index is 712. The van der Waals surface area contributed by atoms with Crippen molar-refractivity contribution in [2.45, 2.75) is 241 Å². The molecule has 0 saturated heterocycles. The standard InChI is InChI=1S/C45H91NO/c1-13-17-19-21-24-29-33-37-45(16-4,47-44(11,12)41(43(8,9)10)35-31-27-22-20-18-14-2)40-46(38-15-3)39-34-30-26-23-25-28-32-36-42(5,6)7/h16,41H,4,13-15,17-40H2,1-3,5-12H3. The third-order valence-electron chi connectivity index (χ3n) is 10.7. The van der Waals surface area contributed by atoms with Gasteiger partial charge in [-0.05, 0) is 75.8 Å². The Morgan fingerprint density at radius 1 is 0.532 bits per heavy atom. The molecule has 0 saturated carbocycles. The van der Waals surface area contributed by atoms with Crippen molar-refractivity contribution in [3.05, 3.63) is 12.7 Å². The van der Waals surface area contributed by atoms with Crippen molar-refractivity contribution in [2.24, 2.45) is 16.7 Å². The predicted molar refractivity (Wildman–Crippen MR) is 215 cm³/mol. The fourth-order valence-electron chi connectivity index (χ4n) is 8.14. The van der Waals surface area contributed by atoms with Crippen molar-refractivity contribution in [2.75, 3.05) is 19.6 Å². The van der Waals surface area contributed by atoms with Crippen LogP contribution in [0.25, 0.3) is 0 Å². The number of ether oxygens (including phenoxy) is 1. The molecular weight excluding hydrogens is 571 g/mol. The molecule has 0 N–H and O–H groups in total. The monoisotopic (exact) mass is 662 g/mol. The van der Waals surface area contributed by atoms with Crippen LogP contribution in [0, 0.1) is 16.7 Å². The average molecular weight is 662 g/mol. The summed E-state index contributed by atoms with van der Waals surface area (Å²) < 4.78 is 7.53. The van der Waals surface area contributed by atoms with E-state index in [0.717, 1.165) is 19.5 Å². The lowest BCUT2D eigenvalue weighted by Crippen LogP contribution is -2.53. The van der Waals surface area contributed by atoms with Crippen molar-refractivity contribution in [3.8, 4) is 0 Å². The number of hydrogen-bond donors (Lipinski definition) is 0. The van der Waals surface area contributed by atoms with Gasteiger partial charge in [0.2, 0.25) is 0 Å². The normalized spacial score (nSPS) is 14.9. The second-order valence-corrected chi connectivity index (χ2v) is 18.4. The van der Waals surface area contributed by atoms with Gasteiger partial charge in [-0.2, -0.15) is 0 Å². The summed E-state index contributed by atoms with van der Waals surface area (Å²) in [6.07, 6.45) is 34.3. The summed E-state index contributed by atoms with van der Waals surface area (Å²) in [7, 11) is 0. The maximum absolute atomic E-state index is 7.53. The molecule has 0 aromatic heterocycles. The highest BCUT2D eigenvalue weighted by atomic mass is 16.5. The summed E-state index contributed by atoms with van der Waals surface area (Å²) in [6.45, 7) is 34.1. The number of hydrogen-bond acceptors (Lipinski definition) is 2. The van der Waals surface area contributed by atoms with Gasteiger partial charge in [0, 0.05) is 6.54 Å². The summed E-state index contributed by atoms with van der Waals surface area (Å²) in [5.74, 6) is 0.512. The molecule has 0 fully saturated rings. The Balaban J connectivity index is 5.53. The van der Waals surface area contributed by atoms with E-state index in [1.807, 2.05) is 0 Å². The van der Waals surface area contributed by atoms with Gasteiger partial charge >= 0.3 is 0 Å². The third kappa shape index (κ3) is 24.5. The minimum atomic E-state index is -0.292. The minimum absolute atomic E-state index is 0.203. The molecule has 0 aliphatic carbocycles. The molecule has 0 aliphatic heterocycles. The van der Waals surface area contributed by atoms with Crippen LogP contribution in [0.2, 0.25) is 0 Å². The largest absolute Gasteiger partial charge is 0.363 e. The highest BCUT2D eigenvalue weighted by molar-refractivity contribution is 5.03. The fraction of sp³-hybridized carbons (Fsp3) is 0.956. The van der Waals surface area contributed by atoms with Crippen LogP contribution in [0.3, 0.4) is 0 Å². The first-order chi connectivity index (χ1) is 22.2. The van der Waals surface area contributed by atoms with E-state index in [4.69, 9.17) is 4.74 Å². The molecule has 0 aromatic carbocycles. The van der Waals surface area contributed by atoms with Gasteiger partial charge in [-0.25, -0.2) is 0 Å². The van der Waals surface area contributed by atoms with Gasteiger partial charge in [-0.15, -0.1) is 6.58 Å². The van der Waals surface area contributed by atoms with Crippen molar-refractivity contribution >= 4 is 0 Å². The lowest BCUT2D eigenvalue weighted by Gasteiger charge is -2.49. The Morgan fingerprint density at radius 2 is 0.979 bits per heavy atom. The first-order valence-electron chi connectivity index (χ1n) is 21.2. The lowest BCUT2D eigenvalue weighted by molar-refractivity contribution is -0.174. The third-order valence-corrected chi connectivity index (χ3v) is 10.7. The zero-order valence-corrected chi connectivity index (χ0v) is 34.8. The van der Waals surface area contributed by atoms with E-state index in [9.17, 15) is 0 Å². The van der Waals surface area contributed by atoms with Gasteiger partial charge in [-0.1, -0.05) is 190 Å². The van der Waals surface area contributed by atoms with E-state index in [-0.39, 0.29) is 16.6 Å². The van der Waals surface area contributed by atoms with Gasteiger partial charge in [0.05, 0.1) is 11.2 Å². The van der Waals surface area contributed by atoms with E-state index < -0.39 is 0 Å². The first-order valence-corrected chi connectivity index (χ1v) is 21.2. The Labute approximate surface area is 299 Å². The molecule has 2 nitrogen and oxygen atoms in total. The van der Waals surface area contributed by atoms with Crippen LogP contribution in [-0.4, -0.2) is 35.7 Å². The van der Waals surface area contributed by atoms with Crippen molar-refractivity contribution in [3.63, 3.8) is 0 Å². The van der Waals surface area contributed by atoms with Crippen molar-refractivity contribution in [1.29, 1.82) is 0 Å². The summed E-state index contributed by atoms with van der Waals surface area (Å²) >= 11 is 0. The summed E-state index contributed by atoms with van der Waals surface area (Å²) in [6, 6.07) is 0. The Hall–Kier alpha value is -0.340. The summed E-state index contributed by atoms with van der Waals surface area (Å²) in [5, 5.41) is 0. The molecular formula is C45H91NO. The van der Waals surface area contributed by atoms with Gasteiger partial charge in [0.25, 0.3) is 0 Å². The van der Waals surface area contributed by atoms with Crippen LogP contribution in [0.5, 0.6) is 0 Å². The second-order valence-electron chi connectivity index (χ2n) is 18.4. The first kappa shape index (κ1) is 46.7. The topological polar surface area (TPSA) is 12.5 Å². The van der Waals surface area contributed by atoms with Crippen LogP contribution in [0.1, 0.15) is 230 Å². The molecule has 0 aliphatic rings. The lowest BCUT2D eigenvalue weighted by atomic mass is 9.69. The van der Waals surface area contributed by atoms with Gasteiger partial charge in [0.1, 0.15) is 0 Å². The van der Waals surface area contributed by atoms with Crippen LogP contribution in [-0.2, 0) is 4.74 Å². The van der Waals surface area contributed by atoms with Crippen LogP contribution < -0.4 is 0 Å². The molecule has 0 heterocycles. The average Bonchev–Trinajstić information content (AvgIpc) is 2.97. The maximum atomic E-state index is 7.53. The zero-order chi connectivity index (χ0) is 35.7. The number of rotatable bonds is 32. The van der Waals surface area contributed by atoms with E-state index in [1.165, 1.54) is 154 Å². The fourth-order valence-corrected chi connectivity index (χ4v) is 8.14. The number of unbranched alkanes of at least 4 members (excludes halogenated alkanes) is 17. The smallest absolute Gasteiger partial charge is 0.0993 e. The molecule has 282 valence electrons. The maximum Gasteiger partial charge on any atom is 0.0993 e. The van der Waals surface area contributed by atoms with Crippen LogP contribution >= 0.6 is 0 Å². The highest BCUT2D eigenvalue weighted by Gasteiger charge is 2.44. The molecule has 2 heteroatoms. The van der Waals surface area contributed by atoms with E-state index in [0.29, 0.717) is 11.3 Å². The molecule has 2 atom stereocenters. The van der Waals surface area contributed by atoms with Gasteiger partial charge in [-0.3, -0.25) is 0 Å². The second kappa shape index (κ2) is 26.5. The van der Waals surface area contributed by atoms with Gasteiger partial charge < -0.3 is 9.64 Å². The molecule has 2 unspecified atom stereocenters. The molecule has 0 radical (unpaired) electrons. The quantitative estimate of drug-likeness (QED) is 0.0525. The van der Waals surface area contributed by atoms with Crippen LogP contribution in [0.15, 0.2) is 12.7 Å². The highest BCUT2D eigenvalue weighted by Crippen LogP contribution is 2.43. The van der Waals surface area contributed by atoms with Crippen molar-refractivity contribution in [1.82, 2.24) is 4.90 Å². The van der Waals surface area contributed by atoms with Crippen LogP contribution in [0.4, 0.5) is 0 Å². The molecule has 0 spiro atoms. The van der Waals surface area contributed by atoms with Gasteiger partial charge in [0.15, 0.2) is 0 Å². The predicted octanol–water partition coefficient (Wildman–Crippen LogP) is 15.1. The molecule has 0 amide bonds. The Morgan fingerprint density at radius 3 is 1.43 bits per heavy atom. The SMILES string of the molecule is C=CC(CCCCCCCCC)(CN(CCC)CCCCCCCCCC(C)(C)C)OC(C)(C)C(CCCCCCCC)C(C)(C)C. The molecule has 0 bridgehead atoms. The van der Waals surface area contributed by atoms with E-state index in [2.05, 4.69) is 93.7 Å². The summed E-state index contributed by atoms with van der Waals surface area (Å²) in [4.78, 5) is 2.74. The van der Waals surface area contributed by atoms with E-state index in [1.54, 1.807) is 0 Å². The van der Waals surface area contributed by atoms with E-state index >= 15 is 0 Å². The minimum Gasteiger partial charge on any atom is -0.363 e. The number of nitrogens with zero attached hydrogens (tertiary/aromatic N) is 1. The molecule has 0 aromatic rings.